The van der Waals surface area contributed by atoms with E-state index in [1.54, 1.807) is 6.07 Å². The van der Waals surface area contributed by atoms with Gasteiger partial charge in [0.2, 0.25) is 0 Å². The smallest absolute Gasteiger partial charge is 0.166 e. The SMILES string of the molecule is O=C(c1cc(F)cc(Br)c1)C1CC1c1ccccc1. The van der Waals surface area contributed by atoms with Gasteiger partial charge in [-0.25, -0.2) is 4.39 Å². The van der Waals surface area contributed by atoms with Crippen LogP contribution in [-0.2, 0) is 0 Å². The number of ketones is 1. The maximum atomic E-state index is 13.3. The molecule has 0 bridgehead atoms. The van der Waals surface area contributed by atoms with E-state index < -0.39 is 0 Å². The fourth-order valence-corrected chi connectivity index (χ4v) is 2.93. The highest BCUT2D eigenvalue weighted by Crippen LogP contribution is 2.49. The number of benzene rings is 2. The molecule has 0 N–H and O–H groups in total. The van der Waals surface area contributed by atoms with Crippen LogP contribution in [-0.4, -0.2) is 5.78 Å². The fourth-order valence-electron chi connectivity index (χ4n) is 2.46. The van der Waals surface area contributed by atoms with Crippen LogP contribution in [0.1, 0.15) is 28.3 Å². The molecule has 3 heteroatoms. The summed E-state index contributed by atoms with van der Waals surface area (Å²) in [5.41, 5.74) is 1.65. The molecule has 1 saturated carbocycles. The molecular formula is C16H12BrFO. The summed E-state index contributed by atoms with van der Waals surface area (Å²) in [6.45, 7) is 0. The van der Waals surface area contributed by atoms with Gasteiger partial charge >= 0.3 is 0 Å². The summed E-state index contributed by atoms with van der Waals surface area (Å²) >= 11 is 3.22. The van der Waals surface area contributed by atoms with Crippen LogP contribution in [0.3, 0.4) is 0 Å². The summed E-state index contributed by atoms with van der Waals surface area (Å²) in [6.07, 6.45) is 0.858. The van der Waals surface area contributed by atoms with E-state index in [4.69, 9.17) is 0 Å². The molecule has 1 aliphatic rings. The molecule has 1 nitrogen and oxygen atoms in total. The topological polar surface area (TPSA) is 17.1 Å². The van der Waals surface area contributed by atoms with E-state index in [0.717, 1.165) is 6.42 Å². The van der Waals surface area contributed by atoms with Crippen molar-refractivity contribution in [2.24, 2.45) is 5.92 Å². The number of carbonyl (C=O) groups is 1. The molecule has 2 unspecified atom stereocenters. The highest BCUT2D eigenvalue weighted by atomic mass is 79.9. The highest BCUT2D eigenvalue weighted by Gasteiger charge is 2.43. The number of halogens is 2. The lowest BCUT2D eigenvalue weighted by atomic mass is 10.0. The van der Waals surface area contributed by atoms with Crippen molar-refractivity contribution in [2.75, 3.05) is 0 Å². The Balaban J connectivity index is 1.80. The molecule has 0 spiro atoms. The van der Waals surface area contributed by atoms with Crippen molar-refractivity contribution in [3.8, 4) is 0 Å². The molecule has 1 fully saturated rings. The van der Waals surface area contributed by atoms with Crippen molar-refractivity contribution in [3.63, 3.8) is 0 Å². The van der Waals surface area contributed by atoms with Crippen LogP contribution in [0.15, 0.2) is 53.0 Å². The minimum absolute atomic E-state index is 0.00361. The maximum absolute atomic E-state index is 13.3. The summed E-state index contributed by atoms with van der Waals surface area (Å²) < 4.78 is 13.9. The zero-order valence-corrected chi connectivity index (χ0v) is 11.7. The molecule has 2 atom stereocenters. The molecule has 0 aromatic heterocycles. The molecule has 3 rings (SSSR count). The zero-order chi connectivity index (χ0) is 13.4. The third-order valence-corrected chi connectivity index (χ3v) is 3.96. The van der Waals surface area contributed by atoms with Gasteiger partial charge < -0.3 is 0 Å². The number of hydrogen-bond donors (Lipinski definition) is 0. The van der Waals surface area contributed by atoms with Crippen LogP contribution in [0.4, 0.5) is 4.39 Å². The van der Waals surface area contributed by atoms with Gasteiger partial charge in [-0.15, -0.1) is 0 Å². The largest absolute Gasteiger partial charge is 0.294 e. The van der Waals surface area contributed by atoms with Crippen LogP contribution < -0.4 is 0 Å². The second kappa shape index (κ2) is 4.89. The molecule has 19 heavy (non-hydrogen) atoms. The molecule has 0 radical (unpaired) electrons. The first-order chi connectivity index (χ1) is 9.15. The van der Waals surface area contributed by atoms with Gasteiger partial charge in [0.05, 0.1) is 0 Å². The first kappa shape index (κ1) is 12.5. The lowest BCUT2D eigenvalue weighted by molar-refractivity contribution is 0.0964. The van der Waals surface area contributed by atoms with E-state index in [1.807, 2.05) is 30.3 Å². The van der Waals surface area contributed by atoms with Crippen molar-refractivity contribution >= 4 is 21.7 Å². The third-order valence-electron chi connectivity index (χ3n) is 3.50. The molecule has 1 aliphatic carbocycles. The second-order valence-corrected chi connectivity index (χ2v) is 5.80. The minimum Gasteiger partial charge on any atom is -0.294 e. The standard InChI is InChI=1S/C16H12BrFO/c17-12-6-11(7-13(18)8-12)16(19)15-9-14(15)10-4-2-1-3-5-10/h1-8,14-15H,9H2. The fraction of sp³-hybridized carbons (Fsp3) is 0.188. The molecule has 0 heterocycles. The molecule has 0 aliphatic heterocycles. The summed E-state index contributed by atoms with van der Waals surface area (Å²) in [5.74, 6) is -0.0597. The van der Waals surface area contributed by atoms with E-state index in [9.17, 15) is 9.18 Å². The lowest BCUT2D eigenvalue weighted by Gasteiger charge is -2.02. The van der Waals surface area contributed by atoms with Gasteiger partial charge in [-0.05, 0) is 36.1 Å². The molecular weight excluding hydrogens is 307 g/mol. The van der Waals surface area contributed by atoms with Gasteiger partial charge in [0.15, 0.2) is 5.78 Å². The number of Topliss-reactive ketones (excluding diaryl/α,β-unsaturated/α-hetero) is 1. The Bertz CT molecular complexity index is 604. The monoisotopic (exact) mass is 318 g/mol. The average molecular weight is 319 g/mol. The maximum Gasteiger partial charge on any atom is 0.166 e. The quantitative estimate of drug-likeness (QED) is 0.757. The second-order valence-electron chi connectivity index (χ2n) is 4.88. The Morgan fingerprint density at radius 2 is 1.89 bits per heavy atom. The van der Waals surface area contributed by atoms with Crippen molar-refractivity contribution in [1.29, 1.82) is 0 Å². The lowest BCUT2D eigenvalue weighted by Crippen LogP contribution is -2.03. The van der Waals surface area contributed by atoms with E-state index in [-0.39, 0.29) is 23.4 Å². The molecule has 2 aromatic rings. The predicted octanol–water partition coefficient (Wildman–Crippen LogP) is 4.57. The third kappa shape index (κ3) is 2.61. The van der Waals surface area contributed by atoms with Gasteiger partial charge in [-0.3, -0.25) is 4.79 Å². The van der Waals surface area contributed by atoms with E-state index in [0.29, 0.717) is 10.0 Å². The first-order valence-corrected chi connectivity index (χ1v) is 7.00. The Morgan fingerprint density at radius 1 is 1.16 bits per heavy atom. The Kier molecular flexibility index (Phi) is 3.23. The van der Waals surface area contributed by atoms with Crippen LogP contribution in [0.5, 0.6) is 0 Å². The Labute approximate surface area is 119 Å². The van der Waals surface area contributed by atoms with E-state index in [2.05, 4.69) is 15.9 Å². The van der Waals surface area contributed by atoms with Gasteiger partial charge in [0.1, 0.15) is 5.82 Å². The number of hydrogen-bond acceptors (Lipinski definition) is 1. The normalized spacial score (nSPS) is 21.2. The zero-order valence-electron chi connectivity index (χ0n) is 10.1. The number of carbonyl (C=O) groups excluding carboxylic acids is 1. The van der Waals surface area contributed by atoms with Gasteiger partial charge in [-0.1, -0.05) is 46.3 Å². The summed E-state index contributed by atoms with van der Waals surface area (Å²) in [5, 5.41) is 0. The van der Waals surface area contributed by atoms with Gasteiger partial charge in [0, 0.05) is 16.0 Å². The van der Waals surface area contributed by atoms with Crippen LogP contribution in [0, 0.1) is 11.7 Å². The van der Waals surface area contributed by atoms with Gasteiger partial charge in [0.25, 0.3) is 0 Å². The van der Waals surface area contributed by atoms with E-state index in [1.165, 1.54) is 17.7 Å². The van der Waals surface area contributed by atoms with Crippen molar-refractivity contribution in [3.05, 3.63) is 69.9 Å². The minimum atomic E-state index is -0.380. The number of rotatable bonds is 3. The van der Waals surface area contributed by atoms with Crippen LogP contribution in [0.25, 0.3) is 0 Å². The Hall–Kier alpha value is -1.48. The summed E-state index contributed by atoms with van der Waals surface area (Å²) in [4.78, 5) is 12.3. The predicted molar refractivity (Wildman–Crippen MR) is 75.7 cm³/mol. The molecule has 2 aromatic carbocycles. The van der Waals surface area contributed by atoms with Crippen molar-refractivity contribution in [1.82, 2.24) is 0 Å². The van der Waals surface area contributed by atoms with Crippen molar-refractivity contribution < 1.29 is 9.18 Å². The van der Waals surface area contributed by atoms with Crippen LogP contribution >= 0.6 is 15.9 Å². The molecule has 96 valence electrons. The molecule has 0 amide bonds. The van der Waals surface area contributed by atoms with E-state index >= 15 is 0 Å². The highest BCUT2D eigenvalue weighted by molar-refractivity contribution is 9.10. The van der Waals surface area contributed by atoms with Crippen molar-refractivity contribution in [2.45, 2.75) is 12.3 Å². The average Bonchev–Trinajstić information content (AvgIpc) is 3.18. The summed E-state index contributed by atoms with van der Waals surface area (Å²) in [6, 6.07) is 14.4. The van der Waals surface area contributed by atoms with Gasteiger partial charge in [-0.2, -0.15) is 0 Å². The molecule has 0 saturated heterocycles. The first-order valence-electron chi connectivity index (χ1n) is 6.20. The summed E-state index contributed by atoms with van der Waals surface area (Å²) in [7, 11) is 0. The Morgan fingerprint density at radius 3 is 2.58 bits per heavy atom. The van der Waals surface area contributed by atoms with Crippen LogP contribution in [0.2, 0.25) is 0 Å².